The van der Waals surface area contributed by atoms with Gasteiger partial charge in [0.05, 0.1) is 23.6 Å². The summed E-state index contributed by atoms with van der Waals surface area (Å²) in [7, 11) is 1.77. The van der Waals surface area contributed by atoms with Gasteiger partial charge in [0, 0.05) is 29.9 Å². The van der Waals surface area contributed by atoms with Crippen molar-refractivity contribution in [1.82, 2.24) is 19.8 Å². The van der Waals surface area contributed by atoms with Gasteiger partial charge in [-0.2, -0.15) is 5.10 Å². The first kappa shape index (κ1) is 18.6. The molecule has 1 aromatic carbocycles. The van der Waals surface area contributed by atoms with Gasteiger partial charge in [0.15, 0.2) is 0 Å². The van der Waals surface area contributed by atoms with Crippen molar-refractivity contribution < 1.29 is 9.32 Å². The number of likely N-dealkylation sites (N-methyl/N-ethyl adjacent to an activating group) is 1. The molecule has 0 fully saturated rings. The molecule has 6 heteroatoms. The second kappa shape index (κ2) is 7.61. The summed E-state index contributed by atoms with van der Waals surface area (Å²) in [6, 6.07) is 9.96. The Hall–Kier alpha value is -3.15. The first-order valence-electron chi connectivity index (χ1n) is 8.85. The van der Waals surface area contributed by atoms with E-state index in [-0.39, 0.29) is 5.91 Å². The van der Waals surface area contributed by atoms with Crippen molar-refractivity contribution in [2.24, 2.45) is 0 Å². The zero-order valence-corrected chi connectivity index (χ0v) is 16.4. The standard InChI is InChI=1S/C21H24N4O2/c1-14-19(16(3)25(22-14)18-9-7-6-8-10-18)11-12-21(26)24(5)13-20-15(2)23-27-17(20)4/h6-12H,13H2,1-5H3/b12-11+. The maximum absolute atomic E-state index is 12.5. The maximum atomic E-state index is 12.5. The molecule has 0 radical (unpaired) electrons. The van der Waals surface area contributed by atoms with Gasteiger partial charge < -0.3 is 9.42 Å². The highest BCUT2D eigenvalue weighted by Gasteiger charge is 2.15. The van der Waals surface area contributed by atoms with Gasteiger partial charge in [0.2, 0.25) is 5.91 Å². The fourth-order valence-electron chi connectivity index (χ4n) is 3.04. The third kappa shape index (κ3) is 3.84. The average molecular weight is 364 g/mol. The predicted octanol–water partition coefficient (Wildman–Crippen LogP) is 3.77. The van der Waals surface area contributed by atoms with E-state index in [2.05, 4.69) is 10.3 Å². The van der Waals surface area contributed by atoms with Gasteiger partial charge in [-0.15, -0.1) is 0 Å². The molecule has 0 N–H and O–H groups in total. The van der Waals surface area contributed by atoms with E-state index in [1.54, 1.807) is 18.0 Å². The average Bonchev–Trinajstić information content (AvgIpc) is 3.13. The predicted molar refractivity (Wildman–Crippen MR) is 105 cm³/mol. The lowest BCUT2D eigenvalue weighted by Gasteiger charge is -2.14. The fraction of sp³-hybridized carbons (Fsp3) is 0.286. The van der Waals surface area contributed by atoms with Gasteiger partial charge in [-0.25, -0.2) is 4.68 Å². The van der Waals surface area contributed by atoms with Crippen LogP contribution in [0.3, 0.4) is 0 Å². The second-order valence-electron chi connectivity index (χ2n) is 6.66. The van der Waals surface area contributed by atoms with Gasteiger partial charge in [0.1, 0.15) is 5.76 Å². The monoisotopic (exact) mass is 364 g/mol. The molecule has 0 bridgehead atoms. The lowest BCUT2D eigenvalue weighted by Crippen LogP contribution is -2.24. The summed E-state index contributed by atoms with van der Waals surface area (Å²) in [5.41, 5.74) is 5.60. The molecule has 0 aliphatic carbocycles. The SMILES string of the molecule is Cc1nn(-c2ccccc2)c(C)c1/C=C/C(=O)N(C)Cc1c(C)noc1C. The molecule has 0 aliphatic heterocycles. The minimum Gasteiger partial charge on any atom is -0.361 e. The summed E-state index contributed by atoms with van der Waals surface area (Å²) in [4.78, 5) is 14.2. The van der Waals surface area contributed by atoms with Crippen LogP contribution < -0.4 is 0 Å². The van der Waals surface area contributed by atoms with Crippen molar-refractivity contribution >= 4 is 12.0 Å². The van der Waals surface area contributed by atoms with E-state index in [1.807, 2.05) is 68.8 Å². The molecule has 27 heavy (non-hydrogen) atoms. The van der Waals surface area contributed by atoms with Crippen LogP contribution in [-0.4, -0.2) is 32.8 Å². The van der Waals surface area contributed by atoms with Crippen LogP contribution in [0.1, 0.15) is 34.0 Å². The van der Waals surface area contributed by atoms with Crippen molar-refractivity contribution in [3.8, 4) is 5.69 Å². The van der Waals surface area contributed by atoms with E-state index >= 15 is 0 Å². The zero-order valence-electron chi connectivity index (χ0n) is 16.4. The molecule has 3 aromatic rings. The number of rotatable bonds is 5. The third-order valence-corrected chi connectivity index (χ3v) is 4.69. The highest BCUT2D eigenvalue weighted by atomic mass is 16.5. The summed E-state index contributed by atoms with van der Waals surface area (Å²) in [6.07, 6.45) is 3.42. The second-order valence-corrected chi connectivity index (χ2v) is 6.66. The van der Waals surface area contributed by atoms with Gasteiger partial charge in [-0.1, -0.05) is 23.4 Å². The van der Waals surface area contributed by atoms with Crippen LogP contribution in [0.4, 0.5) is 0 Å². The molecular weight excluding hydrogens is 340 g/mol. The Morgan fingerprint density at radius 3 is 2.48 bits per heavy atom. The lowest BCUT2D eigenvalue weighted by atomic mass is 10.1. The Morgan fingerprint density at radius 1 is 1.15 bits per heavy atom. The zero-order chi connectivity index (χ0) is 19.6. The van der Waals surface area contributed by atoms with Crippen LogP contribution in [0.5, 0.6) is 0 Å². The van der Waals surface area contributed by atoms with Crippen molar-refractivity contribution in [1.29, 1.82) is 0 Å². The molecular formula is C21H24N4O2. The smallest absolute Gasteiger partial charge is 0.246 e. The number of nitrogens with zero attached hydrogens (tertiary/aromatic N) is 4. The Kier molecular flexibility index (Phi) is 5.26. The number of para-hydroxylation sites is 1. The molecule has 0 aliphatic rings. The molecule has 1 amide bonds. The first-order chi connectivity index (χ1) is 12.9. The number of benzene rings is 1. The Morgan fingerprint density at radius 2 is 1.85 bits per heavy atom. The normalized spacial score (nSPS) is 11.3. The highest BCUT2D eigenvalue weighted by molar-refractivity contribution is 5.91. The summed E-state index contributed by atoms with van der Waals surface area (Å²) in [5.74, 6) is 0.660. The van der Waals surface area contributed by atoms with E-state index in [4.69, 9.17) is 4.52 Å². The van der Waals surface area contributed by atoms with Crippen molar-refractivity contribution in [3.63, 3.8) is 0 Å². The minimum atomic E-state index is -0.0822. The topological polar surface area (TPSA) is 64.2 Å². The number of amides is 1. The summed E-state index contributed by atoms with van der Waals surface area (Å²) in [6.45, 7) is 8.15. The first-order valence-corrected chi connectivity index (χ1v) is 8.85. The number of aryl methyl sites for hydroxylation is 3. The molecule has 0 spiro atoms. The van der Waals surface area contributed by atoms with Crippen LogP contribution in [0, 0.1) is 27.7 Å². The van der Waals surface area contributed by atoms with Gasteiger partial charge in [-0.05, 0) is 45.9 Å². The quantitative estimate of drug-likeness (QED) is 0.647. The van der Waals surface area contributed by atoms with Gasteiger partial charge in [0.25, 0.3) is 0 Å². The molecule has 0 atom stereocenters. The van der Waals surface area contributed by atoms with Crippen LogP contribution in [0.2, 0.25) is 0 Å². The summed E-state index contributed by atoms with van der Waals surface area (Å²) >= 11 is 0. The van der Waals surface area contributed by atoms with E-state index < -0.39 is 0 Å². The number of hydrogen-bond acceptors (Lipinski definition) is 4. The molecule has 2 heterocycles. The van der Waals surface area contributed by atoms with Gasteiger partial charge in [-0.3, -0.25) is 4.79 Å². The van der Waals surface area contributed by atoms with Crippen molar-refractivity contribution in [3.05, 3.63) is 70.4 Å². The largest absolute Gasteiger partial charge is 0.361 e. The van der Waals surface area contributed by atoms with Crippen LogP contribution in [0.15, 0.2) is 40.9 Å². The van der Waals surface area contributed by atoms with E-state index in [0.717, 1.165) is 39.7 Å². The molecule has 0 saturated heterocycles. The van der Waals surface area contributed by atoms with E-state index in [0.29, 0.717) is 6.54 Å². The molecule has 2 aromatic heterocycles. The minimum absolute atomic E-state index is 0.0822. The van der Waals surface area contributed by atoms with Crippen molar-refractivity contribution in [2.75, 3.05) is 7.05 Å². The van der Waals surface area contributed by atoms with Gasteiger partial charge >= 0.3 is 0 Å². The number of carbonyl (C=O) groups is 1. The van der Waals surface area contributed by atoms with Crippen LogP contribution in [0.25, 0.3) is 11.8 Å². The maximum Gasteiger partial charge on any atom is 0.246 e. The Bertz CT molecular complexity index is 964. The third-order valence-electron chi connectivity index (χ3n) is 4.69. The Labute approximate surface area is 159 Å². The molecule has 0 saturated carbocycles. The highest BCUT2D eigenvalue weighted by Crippen LogP contribution is 2.19. The Balaban J connectivity index is 1.78. The molecule has 0 unspecified atom stereocenters. The van der Waals surface area contributed by atoms with Crippen molar-refractivity contribution in [2.45, 2.75) is 34.2 Å². The summed E-state index contributed by atoms with van der Waals surface area (Å²) in [5, 5.41) is 8.54. The fourth-order valence-corrected chi connectivity index (χ4v) is 3.04. The van der Waals surface area contributed by atoms with Crippen LogP contribution >= 0.6 is 0 Å². The molecule has 140 valence electrons. The van der Waals surface area contributed by atoms with Crippen LogP contribution in [-0.2, 0) is 11.3 Å². The molecule has 6 nitrogen and oxygen atoms in total. The summed E-state index contributed by atoms with van der Waals surface area (Å²) < 4.78 is 7.06. The lowest BCUT2D eigenvalue weighted by molar-refractivity contribution is -0.125. The number of aromatic nitrogens is 3. The van der Waals surface area contributed by atoms with E-state index in [1.165, 1.54) is 0 Å². The molecule has 3 rings (SSSR count). The van der Waals surface area contributed by atoms with E-state index in [9.17, 15) is 4.79 Å². The number of carbonyl (C=O) groups excluding carboxylic acids is 1. The number of hydrogen-bond donors (Lipinski definition) is 0.